The van der Waals surface area contributed by atoms with Gasteiger partial charge in [0.05, 0.1) is 22.9 Å². The Labute approximate surface area is 111 Å². The molecule has 1 aromatic rings. The molecule has 4 nitrogen and oxygen atoms in total. The van der Waals surface area contributed by atoms with Crippen molar-refractivity contribution in [2.75, 3.05) is 20.6 Å². The van der Waals surface area contributed by atoms with Crippen molar-refractivity contribution in [1.82, 2.24) is 14.7 Å². The molecule has 1 unspecified atom stereocenters. The number of aliphatic hydroxyl groups is 1. The average molecular weight is 302 g/mol. The lowest BCUT2D eigenvalue weighted by atomic mass is 9.96. The van der Waals surface area contributed by atoms with Crippen LogP contribution in [0.4, 0.5) is 0 Å². The van der Waals surface area contributed by atoms with Crippen LogP contribution in [0.3, 0.4) is 0 Å². The summed E-state index contributed by atoms with van der Waals surface area (Å²) in [5, 5.41) is 15.0. The Bertz CT molecular complexity index is 396. The minimum atomic E-state index is -0.762. The number of aromatic nitrogens is 2. The van der Waals surface area contributed by atoms with E-state index in [1.165, 1.54) is 0 Å². The summed E-state index contributed by atoms with van der Waals surface area (Å²) in [6.45, 7) is 3.62. The summed E-state index contributed by atoms with van der Waals surface area (Å²) < 4.78 is 2.83. The summed E-state index contributed by atoms with van der Waals surface area (Å²) in [5.41, 5.74) is 0.156. The molecule has 2 rings (SSSR count). The Kier molecular flexibility index (Phi) is 3.61. The molecule has 0 amide bonds. The molecule has 1 atom stereocenters. The van der Waals surface area contributed by atoms with E-state index in [0.717, 1.165) is 36.1 Å². The van der Waals surface area contributed by atoms with E-state index in [1.54, 1.807) is 6.20 Å². The molecule has 1 heterocycles. The van der Waals surface area contributed by atoms with Crippen molar-refractivity contribution in [3.63, 3.8) is 0 Å². The molecule has 96 valence electrons. The minimum absolute atomic E-state index is 0.383. The quantitative estimate of drug-likeness (QED) is 0.902. The molecular weight excluding hydrogens is 282 g/mol. The van der Waals surface area contributed by atoms with Gasteiger partial charge in [-0.25, -0.2) is 0 Å². The van der Waals surface area contributed by atoms with Gasteiger partial charge in [-0.05, 0) is 55.7 Å². The summed E-state index contributed by atoms with van der Waals surface area (Å²) in [6, 6.07) is 0. The first-order valence-corrected chi connectivity index (χ1v) is 6.81. The Morgan fingerprint density at radius 1 is 1.59 bits per heavy atom. The van der Waals surface area contributed by atoms with Crippen molar-refractivity contribution < 1.29 is 5.11 Å². The minimum Gasteiger partial charge on any atom is -0.384 e. The second-order valence-corrected chi connectivity index (χ2v) is 6.14. The lowest BCUT2D eigenvalue weighted by molar-refractivity contribution is 0.0227. The van der Waals surface area contributed by atoms with Gasteiger partial charge in [0.15, 0.2) is 0 Å². The molecule has 5 heteroatoms. The third-order valence-electron chi connectivity index (χ3n) is 3.41. The first-order valence-electron chi connectivity index (χ1n) is 6.02. The monoisotopic (exact) mass is 301 g/mol. The molecule has 0 saturated heterocycles. The van der Waals surface area contributed by atoms with Gasteiger partial charge in [0.25, 0.3) is 0 Å². The Morgan fingerprint density at radius 2 is 2.24 bits per heavy atom. The van der Waals surface area contributed by atoms with Gasteiger partial charge in [0, 0.05) is 6.54 Å². The lowest BCUT2D eigenvalue weighted by Crippen LogP contribution is -2.30. The summed E-state index contributed by atoms with van der Waals surface area (Å²) >= 11 is 3.50. The zero-order valence-electron chi connectivity index (χ0n) is 10.6. The van der Waals surface area contributed by atoms with Crippen LogP contribution in [0, 0.1) is 5.92 Å². The molecule has 0 spiro atoms. The molecule has 17 heavy (non-hydrogen) atoms. The van der Waals surface area contributed by atoms with Crippen LogP contribution in [0.25, 0.3) is 0 Å². The predicted molar refractivity (Wildman–Crippen MR) is 70.8 cm³/mol. The number of rotatable bonds is 5. The largest absolute Gasteiger partial charge is 0.384 e. The van der Waals surface area contributed by atoms with Gasteiger partial charge in [0.1, 0.15) is 5.60 Å². The Balaban J connectivity index is 2.22. The fraction of sp³-hybridized carbons (Fsp3) is 0.750. The normalized spacial score (nSPS) is 19.6. The SMILES string of the molecule is CN(C)CCn1ncc(Br)c1C(C)(O)C1CC1. The second-order valence-electron chi connectivity index (χ2n) is 5.29. The predicted octanol–water partition coefficient (Wildman–Crippen LogP) is 1.82. The maximum Gasteiger partial charge on any atom is 0.107 e. The molecule has 0 aromatic carbocycles. The summed E-state index contributed by atoms with van der Waals surface area (Å²) in [5.74, 6) is 0.383. The van der Waals surface area contributed by atoms with Crippen LogP contribution < -0.4 is 0 Å². The van der Waals surface area contributed by atoms with Crippen LogP contribution in [0.2, 0.25) is 0 Å². The van der Waals surface area contributed by atoms with Crippen LogP contribution in [0.1, 0.15) is 25.5 Å². The number of hydrogen-bond acceptors (Lipinski definition) is 3. The molecule has 1 N–H and O–H groups in total. The van der Waals surface area contributed by atoms with Crippen molar-refractivity contribution in [2.45, 2.75) is 31.9 Å². The van der Waals surface area contributed by atoms with Gasteiger partial charge in [-0.3, -0.25) is 4.68 Å². The van der Waals surface area contributed by atoms with Crippen molar-refractivity contribution in [3.8, 4) is 0 Å². The molecule has 0 bridgehead atoms. The van der Waals surface area contributed by atoms with Crippen LogP contribution in [-0.2, 0) is 12.1 Å². The zero-order valence-corrected chi connectivity index (χ0v) is 12.2. The second kappa shape index (κ2) is 4.71. The van der Waals surface area contributed by atoms with E-state index >= 15 is 0 Å². The van der Waals surface area contributed by atoms with Crippen molar-refractivity contribution in [2.24, 2.45) is 5.92 Å². The zero-order chi connectivity index (χ0) is 12.6. The molecule has 1 aliphatic rings. The maximum absolute atomic E-state index is 10.6. The number of hydrogen-bond donors (Lipinski definition) is 1. The molecule has 1 fully saturated rings. The molecular formula is C12H20BrN3O. The van der Waals surface area contributed by atoms with E-state index in [4.69, 9.17) is 0 Å². The summed E-state index contributed by atoms with van der Waals surface area (Å²) in [4.78, 5) is 2.12. The lowest BCUT2D eigenvalue weighted by Gasteiger charge is -2.25. The molecule has 1 aromatic heterocycles. The number of halogens is 1. The van der Waals surface area contributed by atoms with E-state index in [0.29, 0.717) is 5.92 Å². The Morgan fingerprint density at radius 3 is 2.76 bits per heavy atom. The van der Waals surface area contributed by atoms with Crippen LogP contribution in [0.5, 0.6) is 0 Å². The van der Waals surface area contributed by atoms with Crippen LogP contribution >= 0.6 is 15.9 Å². The van der Waals surface area contributed by atoms with Crippen LogP contribution in [-0.4, -0.2) is 40.4 Å². The Hall–Kier alpha value is -0.390. The highest BCUT2D eigenvalue weighted by atomic mass is 79.9. The topological polar surface area (TPSA) is 41.3 Å². The molecule has 0 aliphatic heterocycles. The first-order chi connectivity index (χ1) is 7.93. The highest BCUT2D eigenvalue weighted by molar-refractivity contribution is 9.10. The number of nitrogens with zero attached hydrogens (tertiary/aromatic N) is 3. The molecule has 0 radical (unpaired) electrons. The summed E-state index contributed by atoms with van der Waals surface area (Å²) in [7, 11) is 4.08. The summed E-state index contributed by atoms with van der Waals surface area (Å²) in [6.07, 6.45) is 4.00. The van der Waals surface area contributed by atoms with E-state index < -0.39 is 5.60 Å². The highest BCUT2D eigenvalue weighted by Crippen LogP contribution is 2.47. The van der Waals surface area contributed by atoms with E-state index in [9.17, 15) is 5.11 Å². The third-order valence-corrected chi connectivity index (χ3v) is 3.99. The first kappa shape index (κ1) is 13.1. The van der Waals surface area contributed by atoms with Crippen molar-refractivity contribution in [3.05, 3.63) is 16.4 Å². The average Bonchev–Trinajstić information content (AvgIpc) is 3.00. The van der Waals surface area contributed by atoms with E-state index in [-0.39, 0.29) is 0 Å². The van der Waals surface area contributed by atoms with Crippen LogP contribution in [0.15, 0.2) is 10.7 Å². The smallest absolute Gasteiger partial charge is 0.107 e. The maximum atomic E-state index is 10.6. The van der Waals surface area contributed by atoms with Crippen molar-refractivity contribution in [1.29, 1.82) is 0 Å². The van der Waals surface area contributed by atoms with Gasteiger partial charge >= 0.3 is 0 Å². The van der Waals surface area contributed by atoms with E-state index in [2.05, 4.69) is 25.9 Å². The van der Waals surface area contributed by atoms with Gasteiger partial charge < -0.3 is 10.0 Å². The number of likely N-dealkylation sites (N-methyl/N-ethyl adjacent to an activating group) is 1. The van der Waals surface area contributed by atoms with Crippen molar-refractivity contribution >= 4 is 15.9 Å². The third kappa shape index (κ3) is 2.72. The van der Waals surface area contributed by atoms with Gasteiger partial charge in [-0.1, -0.05) is 0 Å². The van der Waals surface area contributed by atoms with Gasteiger partial charge in [-0.2, -0.15) is 5.10 Å². The highest BCUT2D eigenvalue weighted by Gasteiger charge is 2.44. The van der Waals surface area contributed by atoms with Gasteiger partial charge in [0.2, 0.25) is 0 Å². The van der Waals surface area contributed by atoms with E-state index in [1.807, 2.05) is 25.7 Å². The molecule has 1 aliphatic carbocycles. The fourth-order valence-corrected chi connectivity index (χ4v) is 2.87. The van der Waals surface area contributed by atoms with Gasteiger partial charge in [-0.15, -0.1) is 0 Å². The molecule has 1 saturated carbocycles. The fourth-order valence-electron chi connectivity index (χ4n) is 2.17. The standard InChI is InChI=1S/C12H20BrN3O/c1-12(17,9-4-5-9)11-10(13)8-14-16(11)7-6-15(2)3/h8-9,17H,4-7H2,1-3H3.